The first-order chi connectivity index (χ1) is 17.1. The van der Waals surface area contributed by atoms with Crippen molar-refractivity contribution in [3.05, 3.63) is 59.1 Å². The lowest BCUT2D eigenvalue weighted by molar-refractivity contribution is -0.122. The van der Waals surface area contributed by atoms with Crippen LogP contribution in [0.4, 0.5) is 14.9 Å². The van der Waals surface area contributed by atoms with Crippen LogP contribution in [0, 0.1) is 11.7 Å². The van der Waals surface area contributed by atoms with Gasteiger partial charge in [-0.05, 0) is 57.0 Å². The van der Waals surface area contributed by atoms with E-state index in [1.807, 2.05) is 19.1 Å². The molecule has 0 spiro atoms. The zero-order chi connectivity index (χ0) is 26.0. The average Bonchev–Trinajstić information content (AvgIpc) is 3.25. The largest absolute Gasteiger partial charge is 0.465 e. The number of aryl methyl sites for hydroxylation is 1. The fourth-order valence-electron chi connectivity index (χ4n) is 4.25. The van der Waals surface area contributed by atoms with E-state index in [2.05, 4.69) is 15.4 Å². The molecule has 0 saturated heterocycles. The highest BCUT2D eigenvalue weighted by atomic mass is 35.5. The molecule has 190 valence electrons. The molecule has 0 aliphatic carbocycles. The van der Waals surface area contributed by atoms with Gasteiger partial charge in [-0.2, -0.15) is 5.10 Å². The summed E-state index contributed by atoms with van der Waals surface area (Å²) in [5.41, 5.74) is 0.798. The molecule has 2 amide bonds. The number of carboxylic acid groups (broad SMARTS) is 1. The Kier molecular flexibility index (Phi) is 7.56. The lowest BCUT2D eigenvalue weighted by atomic mass is 9.90. The zero-order valence-corrected chi connectivity index (χ0v) is 21.7. The van der Waals surface area contributed by atoms with Crippen LogP contribution in [0.25, 0.3) is 11.4 Å². The third-order valence-electron chi connectivity index (χ3n) is 5.95. The fourth-order valence-corrected chi connectivity index (χ4v) is 5.52. The molecule has 1 aliphatic heterocycles. The van der Waals surface area contributed by atoms with Crippen molar-refractivity contribution >= 4 is 41.1 Å². The zero-order valence-electron chi connectivity index (χ0n) is 20.2. The van der Waals surface area contributed by atoms with Crippen LogP contribution in [0.5, 0.6) is 0 Å². The van der Waals surface area contributed by atoms with Crippen molar-refractivity contribution in [3.63, 3.8) is 0 Å². The molecule has 36 heavy (non-hydrogen) atoms. The van der Waals surface area contributed by atoms with Gasteiger partial charge in [0.05, 0.1) is 23.7 Å². The normalized spacial score (nSPS) is 16.0. The van der Waals surface area contributed by atoms with Gasteiger partial charge in [-0.25, -0.2) is 14.2 Å². The van der Waals surface area contributed by atoms with Gasteiger partial charge in [0.25, 0.3) is 0 Å². The summed E-state index contributed by atoms with van der Waals surface area (Å²) in [4.78, 5) is 31.7. The number of halogens is 2. The average molecular weight is 532 g/mol. The Morgan fingerprint density at radius 2 is 2.03 bits per heavy atom. The van der Waals surface area contributed by atoms with E-state index in [4.69, 9.17) is 11.6 Å². The van der Waals surface area contributed by atoms with Gasteiger partial charge in [-0.1, -0.05) is 23.7 Å². The molecule has 0 fully saturated rings. The molecule has 1 aliphatic rings. The number of thioether (sulfide) groups is 1. The SMILES string of the molecule is CCn1cnc(-c2cc3c(cc2F)SC[C@H](CC(C)(C)NC(=O)O)C(=O)N3Cc2ccc(Cl)cc2)n1. The van der Waals surface area contributed by atoms with E-state index in [-0.39, 0.29) is 30.3 Å². The Morgan fingerprint density at radius 3 is 2.67 bits per heavy atom. The van der Waals surface area contributed by atoms with Crippen molar-refractivity contribution < 1.29 is 19.1 Å². The molecule has 0 saturated carbocycles. The van der Waals surface area contributed by atoms with Crippen molar-refractivity contribution in [1.82, 2.24) is 20.1 Å². The topological polar surface area (TPSA) is 100 Å². The lowest BCUT2D eigenvalue weighted by Gasteiger charge is -2.31. The standard InChI is InChI=1S/C25H27ClFN5O3S/c1-4-31-14-28-22(30-31)18-9-20-21(10-19(18)27)36-13-16(11-25(2,3)29-24(34)35)23(33)32(20)12-15-5-7-17(26)8-6-15/h5-10,14,16,29H,4,11-13H2,1-3H3,(H,34,35)/t16-/m0/s1. The Labute approximate surface area is 217 Å². The number of hydrogen-bond acceptors (Lipinski definition) is 5. The number of fused-ring (bicyclic) bond motifs is 1. The van der Waals surface area contributed by atoms with Crippen molar-refractivity contribution in [3.8, 4) is 11.4 Å². The Bertz CT molecular complexity index is 1280. The third-order valence-corrected chi connectivity index (χ3v) is 7.41. The van der Waals surface area contributed by atoms with Gasteiger partial charge >= 0.3 is 6.09 Å². The first kappa shape index (κ1) is 26.0. The molecule has 0 bridgehead atoms. The molecule has 1 atom stereocenters. The van der Waals surface area contributed by atoms with Gasteiger partial charge < -0.3 is 15.3 Å². The summed E-state index contributed by atoms with van der Waals surface area (Å²) in [5.74, 6) is -0.509. The highest BCUT2D eigenvalue weighted by Crippen LogP contribution is 2.41. The molecule has 4 rings (SSSR count). The number of amides is 2. The second-order valence-corrected chi connectivity index (χ2v) is 10.8. The number of anilines is 1. The summed E-state index contributed by atoms with van der Waals surface area (Å²) in [6, 6.07) is 10.2. The predicted octanol–water partition coefficient (Wildman–Crippen LogP) is 5.45. The van der Waals surface area contributed by atoms with E-state index < -0.39 is 23.4 Å². The van der Waals surface area contributed by atoms with Crippen LogP contribution >= 0.6 is 23.4 Å². The number of carbonyl (C=O) groups excluding carboxylic acids is 1. The molecule has 2 heterocycles. The van der Waals surface area contributed by atoms with Gasteiger partial charge in [0, 0.05) is 27.8 Å². The summed E-state index contributed by atoms with van der Waals surface area (Å²) < 4.78 is 16.8. The summed E-state index contributed by atoms with van der Waals surface area (Å²) in [5, 5.41) is 16.6. The molecule has 0 radical (unpaired) electrons. The van der Waals surface area contributed by atoms with E-state index in [0.29, 0.717) is 27.9 Å². The smallest absolute Gasteiger partial charge is 0.405 e. The van der Waals surface area contributed by atoms with Crippen LogP contribution in [0.2, 0.25) is 5.02 Å². The molecule has 2 N–H and O–H groups in total. The highest BCUT2D eigenvalue weighted by molar-refractivity contribution is 7.99. The Hall–Kier alpha value is -3.11. The van der Waals surface area contributed by atoms with E-state index in [1.165, 1.54) is 17.8 Å². The lowest BCUT2D eigenvalue weighted by Crippen LogP contribution is -2.47. The minimum atomic E-state index is -1.15. The number of nitrogens with one attached hydrogen (secondary N) is 1. The van der Waals surface area contributed by atoms with Crippen molar-refractivity contribution in [2.75, 3.05) is 10.7 Å². The number of hydrogen-bond donors (Lipinski definition) is 2. The van der Waals surface area contributed by atoms with Crippen LogP contribution in [0.1, 0.15) is 32.8 Å². The summed E-state index contributed by atoms with van der Waals surface area (Å²) in [6.07, 6.45) is 0.675. The summed E-state index contributed by atoms with van der Waals surface area (Å²) in [7, 11) is 0. The molecule has 8 nitrogen and oxygen atoms in total. The second-order valence-electron chi connectivity index (χ2n) is 9.30. The van der Waals surface area contributed by atoms with Gasteiger partial charge in [0.1, 0.15) is 12.1 Å². The predicted molar refractivity (Wildman–Crippen MR) is 138 cm³/mol. The third kappa shape index (κ3) is 5.82. The van der Waals surface area contributed by atoms with E-state index in [0.717, 1.165) is 5.56 Å². The highest BCUT2D eigenvalue weighted by Gasteiger charge is 2.36. The van der Waals surface area contributed by atoms with E-state index >= 15 is 4.39 Å². The van der Waals surface area contributed by atoms with Crippen molar-refractivity contribution in [2.45, 2.75) is 50.7 Å². The van der Waals surface area contributed by atoms with Crippen LogP contribution in [0.15, 0.2) is 47.6 Å². The molecular weight excluding hydrogens is 505 g/mol. The molecule has 2 aromatic carbocycles. The number of nitrogens with zero attached hydrogens (tertiary/aromatic N) is 4. The molecule has 1 aromatic heterocycles. The number of benzene rings is 2. The maximum Gasteiger partial charge on any atom is 0.405 e. The van der Waals surface area contributed by atoms with Crippen LogP contribution in [0.3, 0.4) is 0 Å². The first-order valence-corrected chi connectivity index (χ1v) is 12.9. The van der Waals surface area contributed by atoms with Gasteiger partial charge in [-0.15, -0.1) is 11.8 Å². The number of aromatic nitrogens is 3. The van der Waals surface area contributed by atoms with Gasteiger partial charge in [0.2, 0.25) is 5.91 Å². The van der Waals surface area contributed by atoms with Crippen LogP contribution < -0.4 is 10.2 Å². The van der Waals surface area contributed by atoms with E-state index in [1.54, 1.807) is 48.0 Å². The summed E-state index contributed by atoms with van der Waals surface area (Å²) in [6.45, 7) is 6.24. The molecule has 3 aromatic rings. The monoisotopic (exact) mass is 531 g/mol. The maximum absolute atomic E-state index is 15.2. The van der Waals surface area contributed by atoms with Crippen molar-refractivity contribution in [1.29, 1.82) is 0 Å². The molecule has 0 unspecified atom stereocenters. The molecular formula is C25H27ClFN5O3S. The quantitative estimate of drug-likeness (QED) is 0.420. The van der Waals surface area contributed by atoms with Gasteiger partial charge in [0.15, 0.2) is 5.82 Å². The van der Waals surface area contributed by atoms with Crippen LogP contribution in [-0.4, -0.2) is 43.2 Å². The minimum Gasteiger partial charge on any atom is -0.465 e. The Morgan fingerprint density at radius 1 is 1.31 bits per heavy atom. The number of rotatable bonds is 7. The van der Waals surface area contributed by atoms with Crippen molar-refractivity contribution in [2.24, 2.45) is 5.92 Å². The summed E-state index contributed by atoms with van der Waals surface area (Å²) >= 11 is 7.43. The minimum absolute atomic E-state index is 0.166. The van der Waals surface area contributed by atoms with Gasteiger partial charge in [-0.3, -0.25) is 9.48 Å². The number of carbonyl (C=O) groups is 2. The second kappa shape index (κ2) is 10.5. The fraction of sp³-hybridized carbons (Fsp3) is 0.360. The first-order valence-electron chi connectivity index (χ1n) is 11.5. The molecule has 11 heteroatoms. The van der Waals surface area contributed by atoms with E-state index in [9.17, 15) is 14.7 Å². The Balaban J connectivity index is 1.76. The maximum atomic E-state index is 15.2. The van der Waals surface area contributed by atoms with Crippen LogP contribution in [-0.2, 0) is 17.9 Å².